The Kier molecular flexibility index (Phi) is 7.20. The molecule has 9 aromatic carbocycles. The molecule has 3 heterocycles. The van der Waals surface area contributed by atoms with Gasteiger partial charge in [-0.1, -0.05) is 121 Å². The maximum absolute atomic E-state index is 6.50. The van der Waals surface area contributed by atoms with Crippen LogP contribution in [0.2, 0.25) is 0 Å². The predicted molar refractivity (Wildman–Crippen MR) is 239 cm³/mol. The molecule has 0 aliphatic rings. The molecule has 4 heteroatoms. The van der Waals surface area contributed by atoms with E-state index in [2.05, 4.69) is 169 Å². The lowest BCUT2D eigenvalue weighted by Gasteiger charge is -2.27. The van der Waals surface area contributed by atoms with Gasteiger partial charge in [-0.2, -0.15) is 0 Å². The number of rotatable bonds is 6. The van der Waals surface area contributed by atoms with Gasteiger partial charge in [-0.25, -0.2) is 0 Å². The highest BCUT2D eigenvalue weighted by Gasteiger charge is 2.18. The molecule has 0 radical (unpaired) electrons. The summed E-state index contributed by atoms with van der Waals surface area (Å²) in [5.41, 5.74) is 15.2. The van der Waals surface area contributed by atoms with Gasteiger partial charge in [-0.15, -0.1) is 0 Å². The highest BCUT2D eigenvalue weighted by molar-refractivity contribution is 6.10. The van der Waals surface area contributed by atoms with Crippen LogP contribution in [0.3, 0.4) is 0 Å². The lowest BCUT2D eigenvalue weighted by molar-refractivity contribution is 0.668. The molecule has 0 unspecified atom stereocenters. The Morgan fingerprint density at radius 3 is 1.34 bits per heavy atom. The molecule has 12 rings (SSSR count). The van der Waals surface area contributed by atoms with Crippen molar-refractivity contribution in [1.82, 2.24) is 0 Å². The molecule has 0 spiro atoms. The third-order valence-electron chi connectivity index (χ3n) is 11.5. The van der Waals surface area contributed by atoms with Crippen LogP contribution in [0.4, 0.5) is 17.1 Å². The van der Waals surface area contributed by atoms with Gasteiger partial charge in [0.05, 0.1) is 0 Å². The maximum Gasteiger partial charge on any atom is 0.143 e. The van der Waals surface area contributed by atoms with E-state index in [1.807, 2.05) is 36.4 Å². The van der Waals surface area contributed by atoms with Gasteiger partial charge in [-0.3, -0.25) is 0 Å². The number of benzene rings is 9. The van der Waals surface area contributed by atoms with E-state index in [4.69, 9.17) is 13.3 Å². The number of para-hydroxylation sites is 4. The van der Waals surface area contributed by atoms with Crippen LogP contribution in [-0.4, -0.2) is 0 Å². The Morgan fingerprint density at radius 1 is 0.259 bits per heavy atom. The topological polar surface area (TPSA) is 42.7 Å². The summed E-state index contributed by atoms with van der Waals surface area (Å²) in [7, 11) is 0. The molecule has 0 bridgehead atoms. The molecular formula is C54H33NO3. The monoisotopic (exact) mass is 743 g/mol. The first-order valence-corrected chi connectivity index (χ1v) is 19.6. The molecule has 0 saturated heterocycles. The molecule has 3 aromatic heterocycles. The van der Waals surface area contributed by atoms with Gasteiger partial charge in [-0.05, 0) is 107 Å². The molecule has 0 atom stereocenters. The van der Waals surface area contributed by atoms with E-state index in [0.717, 1.165) is 116 Å². The summed E-state index contributed by atoms with van der Waals surface area (Å²) in [5, 5.41) is 6.71. The first kappa shape index (κ1) is 32.4. The van der Waals surface area contributed by atoms with Crippen molar-refractivity contribution < 1.29 is 13.3 Å². The maximum atomic E-state index is 6.50. The highest BCUT2D eigenvalue weighted by atomic mass is 16.3. The summed E-state index contributed by atoms with van der Waals surface area (Å²) in [5.74, 6) is 0. The van der Waals surface area contributed by atoms with Gasteiger partial charge in [0, 0.05) is 54.9 Å². The first-order chi connectivity index (χ1) is 28.7. The summed E-state index contributed by atoms with van der Waals surface area (Å²) in [6.45, 7) is 0. The van der Waals surface area contributed by atoms with Crippen molar-refractivity contribution in [1.29, 1.82) is 0 Å². The van der Waals surface area contributed by atoms with Crippen molar-refractivity contribution >= 4 is 82.9 Å². The summed E-state index contributed by atoms with van der Waals surface area (Å²) in [6.07, 6.45) is 0. The molecule has 0 aliphatic carbocycles. The SMILES string of the molecule is c1cc(-c2ccc3oc4ccccc4c3c2)cc(N(c2ccc(-c3ccc4oc5ccccc5c4c3)cc2)c2cccc(-c3cccc4c3oc3ccccc34)c2)c1. The standard InChI is InChI=1S/C54H33NO3/c1-6-21-51-43(14-1)46-18-9-17-42(54(46)58-51)38-11-8-13-41(31-38)55(39-26-22-34(23-27-39)36-24-28-52-47(32-36)44-15-2-4-19-49(44)56-52)40-12-7-10-35(30-40)37-25-29-53-48(33-37)45-16-3-5-20-50(45)57-53/h1-33H. The van der Waals surface area contributed by atoms with Crippen LogP contribution in [0.1, 0.15) is 0 Å². The van der Waals surface area contributed by atoms with E-state index >= 15 is 0 Å². The number of nitrogens with zero attached hydrogens (tertiary/aromatic N) is 1. The molecule has 4 nitrogen and oxygen atoms in total. The fraction of sp³-hybridized carbons (Fsp3) is 0. The lowest BCUT2D eigenvalue weighted by Crippen LogP contribution is -2.10. The number of furan rings is 3. The van der Waals surface area contributed by atoms with E-state index in [1.165, 1.54) is 0 Å². The molecular weight excluding hydrogens is 711 g/mol. The highest BCUT2D eigenvalue weighted by Crippen LogP contribution is 2.42. The van der Waals surface area contributed by atoms with Crippen LogP contribution in [0.15, 0.2) is 213 Å². The molecule has 12 aromatic rings. The fourth-order valence-electron chi connectivity index (χ4n) is 8.67. The molecule has 0 amide bonds. The zero-order valence-electron chi connectivity index (χ0n) is 31.2. The first-order valence-electron chi connectivity index (χ1n) is 19.6. The van der Waals surface area contributed by atoms with Gasteiger partial charge in [0.25, 0.3) is 0 Å². The van der Waals surface area contributed by atoms with E-state index in [9.17, 15) is 0 Å². The number of hydrogen-bond acceptors (Lipinski definition) is 4. The summed E-state index contributed by atoms with van der Waals surface area (Å²) in [6, 6.07) is 70.5. The van der Waals surface area contributed by atoms with Gasteiger partial charge in [0.2, 0.25) is 0 Å². The van der Waals surface area contributed by atoms with Gasteiger partial charge in [0.15, 0.2) is 0 Å². The zero-order chi connectivity index (χ0) is 38.2. The minimum Gasteiger partial charge on any atom is -0.456 e. The third-order valence-corrected chi connectivity index (χ3v) is 11.5. The van der Waals surface area contributed by atoms with E-state index < -0.39 is 0 Å². The van der Waals surface area contributed by atoms with Crippen LogP contribution in [0.5, 0.6) is 0 Å². The zero-order valence-corrected chi connectivity index (χ0v) is 31.2. The average molecular weight is 744 g/mol. The van der Waals surface area contributed by atoms with Gasteiger partial charge < -0.3 is 18.2 Å². The van der Waals surface area contributed by atoms with Crippen molar-refractivity contribution in [3.05, 3.63) is 200 Å². The summed E-state index contributed by atoms with van der Waals surface area (Å²) >= 11 is 0. The van der Waals surface area contributed by atoms with Crippen molar-refractivity contribution in [2.45, 2.75) is 0 Å². The van der Waals surface area contributed by atoms with Gasteiger partial charge >= 0.3 is 0 Å². The van der Waals surface area contributed by atoms with E-state index in [-0.39, 0.29) is 0 Å². The molecule has 0 N–H and O–H groups in total. The number of anilines is 3. The van der Waals surface area contributed by atoms with E-state index in [1.54, 1.807) is 0 Å². The van der Waals surface area contributed by atoms with E-state index in [0.29, 0.717) is 0 Å². The van der Waals surface area contributed by atoms with Gasteiger partial charge in [0.1, 0.15) is 33.5 Å². The number of fused-ring (bicyclic) bond motifs is 9. The minimum absolute atomic E-state index is 0.888. The minimum atomic E-state index is 0.888. The Bertz CT molecular complexity index is 3530. The molecule has 0 saturated carbocycles. The number of hydrogen-bond donors (Lipinski definition) is 0. The largest absolute Gasteiger partial charge is 0.456 e. The third kappa shape index (κ3) is 5.23. The van der Waals surface area contributed by atoms with Crippen LogP contribution >= 0.6 is 0 Å². The van der Waals surface area contributed by atoms with Crippen molar-refractivity contribution in [2.24, 2.45) is 0 Å². The summed E-state index contributed by atoms with van der Waals surface area (Å²) < 4.78 is 18.8. The Balaban J connectivity index is 0.991. The van der Waals surface area contributed by atoms with Crippen molar-refractivity contribution in [3.8, 4) is 33.4 Å². The molecule has 0 aliphatic heterocycles. The quantitative estimate of drug-likeness (QED) is 0.170. The van der Waals surface area contributed by atoms with Crippen LogP contribution in [0.25, 0.3) is 99.2 Å². The Hall–Kier alpha value is -7.82. The Labute approximate surface area is 333 Å². The lowest BCUT2D eigenvalue weighted by atomic mass is 9.99. The van der Waals surface area contributed by atoms with Crippen molar-refractivity contribution in [2.75, 3.05) is 4.90 Å². The van der Waals surface area contributed by atoms with Crippen molar-refractivity contribution in [3.63, 3.8) is 0 Å². The Morgan fingerprint density at radius 2 is 0.707 bits per heavy atom. The van der Waals surface area contributed by atoms with Crippen LogP contribution < -0.4 is 4.90 Å². The second-order valence-corrected chi connectivity index (χ2v) is 14.9. The van der Waals surface area contributed by atoms with Crippen LogP contribution in [0, 0.1) is 0 Å². The normalized spacial score (nSPS) is 11.8. The average Bonchev–Trinajstić information content (AvgIpc) is 3.98. The fourth-order valence-corrected chi connectivity index (χ4v) is 8.67. The summed E-state index contributed by atoms with van der Waals surface area (Å²) in [4.78, 5) is 2.34. The predicted octanol–water partition coefficient (Wildman–Crippen LogP) is 15.9. The second kappa shape index (κ2) is 12.9. The van der Waals surface area contributed by atoms with Crippen LogP contribution in [-0.2, 0) is 0 Å². The molecule has 272 valence electrons. The second-order valence-electron chi connectivity index (χ2n) is 14.9. The smallest absolute Gasteiger partial charge is 0.143 e. The molecule has 58 heavy (non-hydrogen) atoms. The molecule has 0 fully saturated rings.